The van der Waals surface area contributed by atoms with Crippen LogP contribution >= 0.6 is 0 Å². The number of likely N-dealkylation sites (N-methyl/N-ethyl adjacent to an activating group) is 2. The van der Waals surface area contributed by atoms with Crippen molar-refractivity contribution >= 4 is 28.6 Å². The third-order valence-electron chi connectivity index (χ3n) is 6.52. The minimum atomic E-state index is -0.720. The average Bonchev–Trinajstić information content (AvgIpc) is 3.20. The molecule has 0 unspecified atom stereocenters. The molecule has 0 saturated carbocycles. The van der Waals surface area contributed by atoms with Gasteiger partial charge in [-0.15, -0.1) is 0 Å². The van der Waals surface area contributed by atoms with Gasteiger partial charge < -0.3 is 25.8 Å². The molecule has 8 nitrogen and oxygen atoms in total. The van der Waals surface area contributed by atoms with E-state index in [0.29, 0.717) is 13.0 Å². The molecule has 1 aromatic carbocycles. The standard InChI is InChI=1S/C27H43N5O3/c1-16(2)22(28-7)25(33)31-23(17(3)4)27(35)32(8)24(18(5)6)26(34)29-14-13-19-15-30-21-12-10-9-11-20(19)21/h9-12,15-18,22-24,28,30H,13-14H2,1-8H3,(H,29,34)(H,31,33)/t22-,23-,24-/m0/s1. The maximum Gasteiger partial charge on any atom is 0.245 e. The Balaban J connectivity index is 2.07. The van der Waals surface area contributed by atoms with Gasteiger partial charge in [0.1, 0.15) is 12.1 Å². The number of nitrogens with one attached hydrogen (secondary N) is 4. The maximum absolute atomic E-state index is 13.5. The lowest BCUT2D eigenvalue weighted by atomic mass is 9.96. The number of hydrogen-bond donors (Lipinski definition) is 4. The SMILES string of the molecule is CN[C@H](C(=O)N[C@H](C(=O)N(C)[C@H](C(=O)NCCc1c[nH]c2ccccc12)C(C)C)C(C)C)C(C)C. The van der Waals surface area contributed by atoms with Crippen LogP contribution in [-0.2, 0) is 20.8 Å². The van der Waals surface area contributed by atoms with E-state index in [0.717, 1.165) is 16.5 Å². The molecular weight excluding hydrogens is 442 g/mol. The summed E-state index contributed by atoms with van der Waals surface area (Å²) in [4.78, 5) is 44.2. The Morgan fingerprint density at radius 1 is 0.914 bits per heavy atom. The number of nitrogens with zero attached hydrogens (tertiary/aromatic N) is 1. The molecule has 0 spiro atoms. The summed E-state index contributed by atoms with van der Waals surface area (Å²) in [7, 11) is 3.38. The minimum absolute atomic E-state index is 0.0759. The quantitative estimate of drug-likeness (QED) is 0.371. The normalized spacial score (nSPS) is 14.3. The monoisotopic (exact) mass is 485 g/mol. The average molecular weight is 486 g/mol. The molecule has 4 N–H and O–H groups in total. The topological polar surface area (TPSA) is 106 Å². The summed E-state index contributed by atoms with van der Waals surface area (Å²) in [6.45, 7) is 12.0. The lowest BCUT2D eigenvalue weighted by Gasteiger charge is -2.35. The van der Waals surface area contributed by atoms with Crippen LogP contribution in [0, 0.1) is 17.8 Å². The second kappa shape index (κ2) is 12.7. The van der Waals surface area contributed by atoms with E-state index in [1.165, 1.54) is 4.90 Å². The van der Waals surface area contributed by atoms with Crippen molar-refractivity contribution in [3.05, 3.63) is 36.0 Å². The highest BCUT2D eigenvalue weighted by atomic mass is 16.2. The molecule has 1 aromatic heterocycles. The van der Waals surface area contributed by atoms with E-state index in [1.54, 1.807) is 14.1 Å². The van der Waals surface area contributed by atoms with Crippen LogP contribution in [0.1, 0.15) is 47.1 Å². The zero-order valence-corrected chi connectivity index (χ0v) is 22.4. The van der Waals surface area contributed by atoms with E-state index in [2.05, 4.69) is 27.0 Å². The van der Waals surface area contributed by atoms with Gasteiger partial charge in [-0.2, -0.15) is 0 Å². The van der Waals surface area contributed by atoms with Crippen molar-refractivity contribution in [2.75, 3.05) is 20.6 Å². The van der Waals surface area contributed by atoms with Crippen molar-refractivity contribution in [2.45, 2.75) is 66.1 Å². The van der Waals surface area contributed by atoms with Crippen molar-refractivity contribution in [3.63, 3.8) is 0 Å². The number of fused-ring (bicyclic) bond motifs is 1. The number of H-pyrrole nitrogens is 1. The van der Waals surface area contributed by atoms with Crippen molar-refractivity contribution in [1.29, 1.82) is 0 Å². The number of aromatic nitrogens is 1. The number of benzene rings is 1. The number of rotatable bonds is 12. The molecule has 1 heterocycles. The van der Waals surface area contributed by atoms with Crippen LogP contribution in [0.15, 0.2) is 30.5 Å². The summed E-state index contributed by atoms with van der Waals surface area (Å²) in [5.74, 6) is -0.825. The predicted molar refractivity (Wildman–Crippen MR) is 141 cm³/mol. The van der Waals surface area contributed by atoms with E-state index in [9.17, 15) is 14.4 Å². The van der Waals surface area contributed by atoms with Crippen molar-refractivity contribution < 1.29 is 14.4 Å². The summed E-state index contributed by atoms with van der Waals surface area (Å²) in [6, 6.07) is 6.30. The van der Waals surface area contributed by atoms with Gasteiger partial charge in [0.15, 0.2) is 0 Å². The molecule has 0 bridgehead atoms. The zero-order chi connectivity index (χ0) is 26.3. The summed E-state index contributed by atoms with van der Waals surface area (Å²) in [6.07, 6.45) is 2.65. The summed E-state index contributed by atoms with van der Waals surface area (Å²) in [5, 5.41) is 10.1. The fourth-order valence-electron chi connectivity index (χ4n) is 4.57. The third kappa shape index (κ3) is 7.07. The number of carbonyl (C=O) groups excluding carboxylic acids is 3. The summed E-state index contributed by atoms with van der Waals surface area (Å²) < 4.78 is 0. The van der Waals surface area contributed by atoms with E-state index >= 15 is 0 Å². The highest BCUT2D eigenvalue weighted by Crippen LogP contribution is 2.18. The molecule has 2 rings (SSSR count). The maximum atomic E-state index is 13.5. The number of aromatic amines is 1. The van der Waals surface area contributed by atoms with Crippen LogP contribution in [0.4, 0.5) is 0 Å². The highest BCUT2D eigenvalue weighted by Gasteiger charge is 2.36. The van der Waals surface area contributed by atoms with Crippen LogP contribution in [-0.4, -0.2) is 66.4 Å². The smallest absolute Gasteiger partial charge is 0.245 e. The number of hydrogen-bond acceptors (Lipinski definition) is 4. The highest BCUT2D eigenvalue weighted by molar-refractivity contribution is 5.93. The molecule has 2 aromatic rings. The number of para-hydroxylation sites is 1. The fourth-order valence-corrected chi connectivity index (χ4v) is 4.57. The van der Waals surface area contributed by atoms with E-state index in [-0.39, 0.29) is 35.5 Å². The Bertz CT molecular complexity index is 998. The first-order valence-electron chi connectivity index (χ1n) is 12.6. The fraction of sp³-hybridized carbons (Fsp3) is 0.593. The van der Waals surface area contributed by atoms with Gasteiger partial charge in [0.05, 0.1) is 6.04 Å². The summed E-state index contributed by atoms with van der Waals surface area (Å²) >= 11 is 0. The Hall–Kier alpha value is -2.87. The van der Waals surface area contributed by atoms with Gasteiger partial charge in [-0.1, -0.05) is 59.7 Å². The van der Waals surface area contributed by atoms with Gasteiger partial charge >= 0.3 is 0 Å². The lowest BCUT2D eigenvalue weighted by molar-refractivity contribution is -0.144. The van der Waals surface area contributed by atoms with Crippen molar-refractivity contribution in [2.24, 2.45) is 17.8 Å². The van der Waals surface area contributed by atoms with Gasteiger partial charge in [-0.05, 0) is 42.9 Å². The van der Waals surface area contributed by atoms with Gasteiger partial charge in [0.25, 0.3) is 0 Å². The Kier molecular flexibility index (Phi) is 10.3. The molecule has 0 fully saturated rings. The first-order valence-corrected chi connectivity index (χ1v) is 12.6. The molecule has 8 heteroatoms. The molecule has 35 heavy (non-hydrogen) atoms. The number of amides is 3. The Labute approximate surface area is 209 Å². The molecule has 194 valence electrons. The zero-order valence-electron chi connectivity index (χ0n) is 22.4. The second-order valence-electron chi connectivity index (χ2n) is 10.3. The third-order valence-corrected chi connectivity index (χ3v) is 6.52. The molecule has 3 amide bonds. The molecule has 0 aliphatic carbocycles. The van der Waals surface area contributed by atoms with Gasteiger partial charge in [-0.3, -0.25) is 14.4 Å². The molecule has 0 aliphatic rings. The molecule has 3 atom stereocenters. The van der Waals surface area contributed by atoms with Gasteiger partial charge in [0, 0.05) is 30.7 Å². The van der Waals surface area contributed by atoms with Gasteiger partial charge in [-0.25, -0.2) is 0 Å². The summed E-state index contributed by atoms with van der Waals surface area (Å²) in [5.41, 5.74) is 2.21. The molecular formula is C27H43N5O3. The second-order valence-corrected chi connectivity index (χ2v) is 10.3. The first-order chi connectivity index (χ1) is 16.5. The van der Waals surface area contributed by atoms with Crippen LogP contribution in [0.25, 0.3) is 10.9 Å². The molecule has 0 saturated heterocycles. The van der Waals surface area contributed by atoms with Crippen LogP contribution in [0.2, 0.25) is 0 Å². The Morgan fingerprint density at radius 3 is 2.11 bits per heavy atom. The van der Waals surface area contributed by atoms with Crippen LogP contribution in [0.5, 0.6) is 0 Å². The van der Waals surface area contributed by atoms with E-state index in [4.69, 9.17) is 0 Å². The van der Waals surface area contributed by atoms with Crippen LogP contribution in [0.3, 0.4) is 0 Å². The van der Waals surface area contributed by atoms with Crippen molar-refractivity contribution in [1.82, 2.24) is 25.8 Å². The molecule has 0 aliphatic heterocycles. The molecule has 0 radical (unpaired) electrons. The van der Waals surface area contributed by atoms with E-state index in [1.807, 2.05) is 65.9 Å². The van der Waals surface area contributed by atoms with Crippen LogP contribution < -0.4 is 16.0 Å². The predicted octanol–water partition coefficient (Wildman–Crippen LogP) is 2.69. The van der Waals surface area contributed by atoms with Crippen molar-refractivity contribution in [3.8, 4) is 0 Å². The number of carbonyl (C=O) groups is 3. The largest absolute Gasteiger partial charge is 0.361 e. The van der Waals surface area contributed by atoms with Gasteiger partial charge in [0.2, 0.25) is 17.7 Å². The minimum Gasteiger partial charge on any atom is -0.361 e. The van der Waals surface area contributed by atoms with E-state index < -0.39 is 18.1 Å². The Morgan fingerprint density at radius 2 is 1.54 bits per heavy atom. The lowest BCUT2D eigenvalue weighted by Crippen LogP contribution is -2.59. The first kappa shape index (κ1) is 28.4.